The third-order valence-corrected chi connectivity index (χ3v) is 5.17. The number of amides is 1. The largest absolute Gasteiger partial charge is 0.467 e. The Balaban J connectivity index is 2.09. The van der Waals surface area contributed by atoms with E-state index in [2.05, 4.69) is 21.2 Å². The van der Waals surface area contributed by atoms with Gasteiger partial charge in [0, 0.05) is 7.11 Å². The summed E-state index contributed by atoms with van der Waals surface area (Å²) >= 11 is 3.37. The molecule has 1 N–H and O–H groups in total. The lowest BCUT2D eigenvalue weighted by Crippen LogP contribution is -2.51. The lowest BCUT2D eigenvalue weighted by Gasteiger charge is -2.27. The predicted octanol–water partition coefficient (Wildman–Crippen LogP) is 0.955. The van der Waals surface area contributed by atoms with E-state index >= 15 is 0 Å². The normalized spacial score (nSPS) is 33.0. The molecule has 0 aliphatic carbocycles. The number of nitrogens with one attached hydrogen (secondary N) is 1. The molecule has 144 valence electrons. The van der Waals surface area contributed by atoms with Crippen LogP contribution in [0.3, 0.4) is 0 Å². The summed E-state index contributed by atoms with van der Waals surface area (Å²) in [6.45, 7) is 7.24. The smallest absolute Gasteiger partial charge is 0.328 e. The van der Waals surface area contributed by atoms with Crippen LogP contribution in [0.15, 0.2) is 0 Å². The number of halogens is 1. The highest BCUT2D eigenvalue weighted by atomic mass is 79.9. The van der Waals surface area contributed by atoms with Crippen molar-refractivity contribution >= 4 is 27.8 Å². The number of fused-ring (bicyclic) bond motifs is 1. The molecule has 0 aromatic rings. The number of esters is 1. The van der Waals surface area contributed by atoms with Gasteiger partial charge in [0.1, 0.15) is 29.2 Å². The molecule has 2 saturated heterocycles. The van der Waals surface area contributed by atoms with Crippen molar-refractivity contribution in [3.8, 4) is 0 Å². The first-order chi connectivity index (χ1) is 11.6. The van der Waals surface area contributed by atoms with Gasteiger partial charge in [-0.3, -0.25) is 4.79 Å². The van der Waals surface area contributed by atoms with Crippen molar-refractivity contribution in [1.82, 2.24) is 5.32 Å². The van der Waals surface area contributed by atoms with Crippen LogP contribution in [0.2, 0.25) is 0 Å². The fourth-order valence-corrected chi connectivity index (χ4v) is 3.58. The number of methoxy groups -OCH3 is 2. The molecule has 2 aliphatic heterocycles. The van der Waals surface area contributed by atoms with Crippen molar-refractivity contribution in [3.63, 3.8) is 0 Å². The maximum absolute atomic E-state index is 12.6. The Morgan fingerprint density at radius 2 is 1.76 bits per heavy atom. The minimum absolute atomic E-state index is 0.120. The Morgan fingerprint density at radius 1 is 1.16 bits per heavy atom. The second-order valence-electron chi connectivity index (χ2n) is 6.92. The number of carbonyl (C=O) groups excluding carboxylic acids is 2. The molecule has 0 spiro atoms. The minimum atomic E-state index is -0.788. The molecular formula is C16H26BrNO7. The van der Waals surface area contributed by atoms with E-state index in [9.17, 15) is 9.59 Å². The number of ether oxygens (including phenoxy) is 5. The summed E-state index contributed by atoms with van der Waals surface area (Å²) in [5, 5.41) is 2.70. The van der Waals surface area contributed by atoms with Crippen LogP contribution in [0.25, 0.3) is 0 Å². The summed E-state index contributed by atoms with van der Waals surface area (Å²) in [7, 11) is 2.79. The third-order valence-electron chi connectivity index (χ3n) is 4.24. The summed E-state index contributed by atoms with van der Waals surface area (Å²) in [4.78, 5) is 23.7. The molecule has 25 heavy (non-hydrogen) atoms. The number of rotatable bonds is 6. The van der Waals surface area contributed by atoms with Gasteiger partial charge in [-0.25, -0.2) is 4.79 Å². The van der Waals surface area contributed by atoms with Crippen molar-refractivity contribution in [3.05, 3.63) is 0 Å². The van der Waals surface area contributed by atoms with Crippen molar-refractivity contribution in [1.29, 1.82) is 0 Å². The summed E-state index contributed by atoms with van der Waals surface area (Å²) in [5.74, 6) is -1.79. The lowest BCUT2D eigenvalue weighted by atomic mass is 10.0. The molecule has 2 rings (SSSR count). The second-order valence-corrected chi connectivity index (χ2v) is 7.91. The monoisotopic (exact) mass is 423 g/mol. The Morgan fingerprint density at radius 3 is 2.28 bits per heavy atom. The number of hydrogen-bond acceptors (Lipinski definition) is 7. The van der Waals surface area contributed by atoms with Gasteiger partial charge in [-0.15, -0.1) is 0 Å². The Labute approximate surface area is 156 Å². The second kappa shape index (κ2) is 7.87. The van der Waals surface area contributed by atoms with E-state index in [1.54, 1.807) is 13.8 Å². The summed E-state index contributed by atoms with van der Waals surface area (Å²) in [5.41, 5.74) is 0. The first-order valence-corrected chi connectivity index (χ1v) is 9.09. The van der Waals surface area contributed by atoms with Crippen LogP contribution in [0.5, 0.6) is 0 Å². The molecule has 0 radical (unpaired) electrons. The zero-order chi connectivity index (χ0) is 18.9. The lowest BCUT2D eigenvalue weighted by molar-refractivity contribution is -0.226. The van der Waals surface area contributed by atoms with Crippen LogP contribution in [0.4, 0.5) is 0 Å². The molecule has 0 unspecified atom stereocenters. The molecule has 0 bridgehead atoms. The van der Waals surface area contributed by atoms with Gasteiger partial charge in [0.25, 0.3) is 0 Å². The van der Waals surface area contributed by atoms with Crippen molar-refractivity contribution in [2.45, 2.75) is 69.0 Å². The highest BCUT2D eigenvalue weighted by Gasteiger charge is 2.58. The van der Waals surface area contributed by atoms with Gasteiger partial charge in [-0.05, 0) is 19.8 Å². The average molecular weight is 424 g/mol. The Hall–Kier alpha value is -0.740. The van der Waals surface area contributed by atoms with E-state index in [1.807, 2.05) is 13.8 Å². The fraction of sp³-hybridized carbons (Fsp3) is 0.875. The van der Waals surface area contributed by atoms with E-state index in [-0.39, 0.29) is 5.92 Å². The maximum Gasteiger partial charge on any atom is 0.328 e. The molecule has 0 aromatic heterocycles. The van der Waals surface area contributed by atoms with Crippen molar-refractivity contribution in [2.75, 3.05) is 14.2 Å². The standard InChI is InChI=1S/C16H26BrNO7/c1-7(2)9(14(20)21-5)18-13(19)8(17)10-11-12(15(22-6)23-10)25-16(3,4)24-11/h7-12,15H,1-6H3,(H,18,19)/t8-,9-,10-,11-,12-,15-/m1/s1. The molecule has 0 aromatic carbocycles. The van der Waals surface area contributed by atoms with Gasteiger partial charge in [0.05, 0.1) is 7.11 Å². The fourth-order valence-electron chi connectivity index (χ4n) is 3.02. The highest BCUT2D eigenvalue weighted by Crippen LogP contribution is 2.41. The van der Waals surface area contributed by atoms with Crippen LogP contribution in [0, 0.1) is 5.92 Å². The molecular weight excluding hydrogens is 398 g/mol. The van der Waals surface area contributed by atoms with Gasteiger partial charge in [-0.2, -0.15) is 0 Å². The van der Waals surface area contributed by atoms with Gasteiger partial charge >= 0.3 is 5.97 Å². The van der Waals surface area contributed by atoms with Gasteiger partial charge in [0.15, 0.2) is 12.1 Å². The van der Waals surface area contributed by atoms with E-state index in [0.717, 1.165) is 0 Å². The minimum Gasteiger partial charge on any atom is -0.467 e. The van der Waals surface area contributed by atoms with Crippen molar-refractivity contribution in [2.24, 2.45) is 5.92 Å². The molecule has 2 aliphatic rings. The van der Waals surface area contributed by atoms with Gasteiger partial charge in [0.2, 0.25) is 5.91 Å². The number of hydrogen-bond donors (Lipinski definition) is 1. The van der Waals surface area contributed by atoms with Crippen LogP contribution >= 0.6 is 15.9 Å². The third kappa shape index (κ3) is 4.33. The summed E-state index contributed by atoms with van der Waals surface area (Å²) in [6, 6.07) is -0.745. The van der Waals surface area contributed by atoms with Crippen LogP contribution in [-0.4, -0.2) is 67.4 Å². The summed E-state index contributed by atoms with van der Waals surface area (Å²) in [6.07, 6.45) is -2.15. The molecule has 0 saturated carbocycles. The van der Waals surface area contributed by atoms with Crippen LogP contribution in [-0.2, 0) is 33.3 Å². The number of alkyl halides is 1. The summed E-state index contributed by atoms with van der Waals surface area (Å²) < 4.78 is 27.5. The molecule has 6 atom stereocenters. The first-order valence-electron chi connectivity index (χ1n) is 8.17. The van der Waals surface area contributed by atoms with Gasteiger partial charge in [-0.1, -0.05) is 29.8 Å². The topological polar surface area (TPSA) is 92.3 Å². The van der Waals surface area contributed by atoms with Crippen LogP contribution < -0.4 is 5.32 Å². The van der Waals surface area contributed by atoms with E-state index in [4.69, 9.17) is 23.7 Å². The zero-order valence-electron chi connectivity index (χ0n) is 15.3. The SMILES string of the molecule is COC(=O)[C@H](NC(=O)[C@H](Br)[C@H]1O[C@@H](OC)[C@@H]2OC(C)(C)O[C@@H]21)C(C)C. The van der Waals surface area contributed by atoms with Crippen LogP contribution in [0.1, 0.15) is 27.7 Å². The quantitative estimate of drug-likeness (QED) is 0.502. The van der Waals surface area contributed by atoms with Gasteiger partial charge < -0.3 is 29.0 Å². The Kier molecular flexibility index (Phi) is 6.48. The van der Waals surface area contributed by atoms with E-state index in [1.165, 1.54) is 14.2 Å². The highest BCUT2D eigenvalue weighted by molar-refractivity contribution is 9.10. The molecule has 1 amide bonds. The molecule has 8 nitrogen and oxygen atoms in total. The average Bonchev–Trinajstić information content (AvgIpc) is 3.03. The molecule has 9 heteroatoms. The molecule has 2 fully saturated rings. The predicted molar refractivity (Wildman–Crippen MR) is 91.0 cm³/mol. The first kappa shape index (κ1) is 20.6. The Bertz CT molecular complexity index is 513. The van der Waals surface area contributed by atoms with E-state index in [0.29, 0.717) is 0 Å². The maximum atomic E-state index is 12.6. The molecule has 2 heterocycles. The number of carbonyl (C=O) groups is 2. The van der Waals surface area contributed by atoms with E-state index < -0.39 is 53.1 Å². The van der Waals surface area contributed by atoms with Crippen molar-refractivity contribution < 1.29 is 33.3 Å². The zero-order valence-corrected chi connectivity index (χ0v) is 16.9.